The van der Waals surface area contributed by atoms with Crippen LogP contribution in [0.1, 0.15) is 35.7 Å². The lowest BCUT2D eigenvalue weighted by Crippen LogP contribution is -2.17. The Hall–Kier alpha value is -1.93. The summed E-state index contributed by atoms with van der Waals surface area (Å²) >= 11 is 5.97. The molecule has 1 unspecified atom stereocenters. The van der Waals surface area contributed by atoms with Crippen LogP contribution < -0.4 is 5.32 Å². The minimum absolute atomic E-state index is 0.345. The zero-order chi connectivity index (χ0) is 15.1. The van der Waals surface area contributed by atoms with E-state index in [0.29, 0.717) is 6.04 Å². The van der Waals surface area contributed by atoms with E-state index in [1.54, 1.807) is 0 Å². The highest BCUT2D eigenvalue weighted by molar-refractivity contribution is 6.30. The summed E-state index contributed by atoms with van der Waals surface area (Å²) in [7, 11) is 0. The number of nitrogens with one attached hydrogen (secondary N) is 2. The van der Waals surface area contributed by atoms with Gasteiger partial charge in [-0.1, -0.05) is 23.2 Å². The van der Waals surface area contributed by atoms with Crippen LogP contribution in [0.2, 0.25) is 5.02 Å². The molecular formula is C19H19ClN2. The first-order valence-corrected chi connectivity index (χ1v) is 8.22. The van der Waals surface area contributed by atoms with Gasteiger partial charge in [0.1, 0.15) is 0 Å². The van der Waals surface area contributed by atoms with Crippen LogP contribution in [0.15, 0.2) is 42.5 Å². The number of aromatic amines is 1. The number of aromatic nitrogens is 1. The Morgan fingerprint density at radius 1 is 1.14 bits per heavy atom. The van der Waals surface area contributed by atoms with Crippen molar-refractivity contribution in [3.63, 3.8) is 0 Å². The fourth-order valence-electron chi connectivity index (χ4n) is 3.47. The molecular weight excluding hydrogens is 292 g/mol. The van der Waals surface area contributed by atoms with Gasteiger partial charge in [0.2, 0.25) is 0 Å². The molecule has 3 heteroatoms. The predicted molar refractivity (Wildman–Crippen MR) is 93.8 cm³/mol. The molecule has 1 atom stereocenters. The molecule has 0 saturated carbocycles. The number of aryl methyl sites for hydroxylation is 2. The molecule has 1 aliphatic carbocycles. The lowest BCUT2D eigenvalue weighted by molar-refractivity contribution is 0.593. The van der Waals surface area contributed by atoms with Crippen LogP contribution in [0.4, 0.5) is 5.69 Å². The van der Waals surface area contributed by atoms with E-state index in [2.05, 4.69) is 35.4 Å². The smallest absolute Gasteiger partial charge is 0.0666 e. The van der Waals surface area contributed by atoms with E-state index in [-0.39, 0.29) is 0 Å². The summed E-state index contributed by atoms with van der Waals surface area (Å²) in [4.78, 5) is 3.64. The van der Waals surface area contributed by atoms with Crippen molar-refractivity contribution < 1.29 is 0 Å². The van der Waals surface area contributed by atoms with Gasteiger partial charge in [0.05, 0.1) is 6.04 Å². The van der Waals surface area contributed by atoms with E-state index in [0.717, 1.165) is 23.6 Å². The van der Waals surface area contributed by atoms with Crippen molar-refractivity contribution in [2.24, 2.45) is 0 Å². The van der Waals surface area contributed by atoms with Gasteiger partial charge in [-0.15, -0.1) is 0 Å². The molecule has 1 aromatic heterocycles. The molecule has 112 valence electrons. The molecule has 4 rings (SSSR count). The normalized spacial score (nSPS) is 17.5. The van der Waals surface area contributed by atoms with E-state index in [1.807, 2.05) is 24.3 Å². The molecule has 2 aromatic carbocycles. The van der Waals surface area contributed by atoms with Gasteiger partial charge >= 0.3 is 0 Å². The second-order valence-electron chi connectivity index (χ2n) is 6.16. The zero-order valence-electron chi connectivity index (χ0n) is 12.6. The van der Waals surface area contributed by atoms with Gasteiger partial charge in [-0.3, -0.25) is 0 Å². The van der Waals surface area contributed by atoms with Gasteiger partial charge in [-0.05, 0) is 68.1 Å². The third-order valence-corrected chi connectivity index (χ3v) is 4.80. The highest BCUT2D eigenvalue weighted by Crippen LogP contribution is 2.36. The van der Waals surface area contributed by atoms with Crippen molar-refractivity contribution in [3.8, 4) is 0 Å². The number of hydrogen-bond acceptors (Lipinski definition) is 1. The third kappa shape index (κ3) is 2.38. The molecule has 22 heavy (non-hydrogen) atoms. The van der Waals surface area contributed by atoms with Crippen LogP contribution in [0, 0.1) is 6.92 Å². The highest BCUT2D eigenvalue weighted by Gasteiger charge is 2.24. The second-order valence-corrected chi connectivity index (χ2v) is 6.60. The average molecular weight is 311 g/mol. The fourth-order valence-corrected chi connectivity index (χ4v) is 3.59. The molecule has 2 N–H and O–H groups in total. The fraction of sp³-hybridized carbons (Fsp3) is 0.263. The standard InChI is InChI=1S/C19H19ClN2/c1-12-5-10-17-16(11-12)15-3-2-4-18(19(15)22-17)21-14-8-6-13(20)7-9-14/h5-11,18,21-22H,2-4H2,1H3. The van der Waals surface area contributed by atoms with Gasteiger partial charge in [0.15, 0.2) is 0 Å². The SMILES string of the molecule is Cc1ccc2[nH]c3c(c2c1)CCCC3Nc1ccc(Cl)cc1. The number of rotatable bonds is 2. The molecule has 0 bridgehead atoms. The largest absolute Gasteiger partial charge is 0.377 e. The maximum Gasteiger partial charge on any atom is 0.0666 e. The lowest BCUT2D eigenvalue weighted by atomic mass is 9.91. The number of fused-ring (bicyclic) bond motifs is 3. The molecule has 0 radical (unpaired) electrons. The van der Waals surface area contributed by atoms with E-state index in [9.17, 15) is 0 Å². The Morgan fingerprint density at radius 2 is 1.95 bits per heavy atom. The summed E-state index contributed by atoms with van der Waals surface area (Å²) in [5.74, 6) is 0. The number of halogens is 1. The summed E-state index contributed by atoms with van der Waals surface area (Å²) in [5, 5.41) is 5.81. The van der Waals surface area contributed by atoms with Crippen LogP contribution in [0.25, 0.3) is 10.9 Å². The number of anilines is 1. The van der Waals surface area contributed by atoms with Crippen molar-refractivity contribution >= 4 is 28.2 Å². The number of benzene rings is 2. The Balaban J connectivity index is 1.72. The van der Waals surface area contributed by atoms with Crippen molar-refractivity contribution in [2.45, 2.75) is 32.2 Å². The predicted octanol–water partition coefficient (Wildman–Crippen LogP) is 5.62. The Morgan fingerprint density at radius 3 is 2.77 bits per heavy atom. The average Bonchev–Trinajstić information content (AvgIpc) is 2.89. The first kappa shape index (κ1) is 13.7. The maximum absolute atomic E-state index is 5.97. The monoisotopic (exact) mass is 310 g/mol. The maximum atomic E-state index is 5.97. The van der Waals surface area contributed by atoms with Crippen molar-refractivity contribution in [1.82, 2.24) is 4.98 Å². The van der Waals surface area contributed by atoms with Gasteiger partial charge in [-0.25, -0.2) is 0 Å². The Labute approximate surface area is 135 Å². The van der Waals surface area contributed by atoms with Crippen LogP contribution in [0.3, 0.4) is 0 Å². The quantitative estimate of drug-likeness (QED) is 0.631. The summed E-state index contributed by atoms with van der Waals surface area (Å²) in [5.41, 5.74) is 6.53. The van der Waals surface area contributed by atoms with E-state index < -0.39 is 0 Å². The summed E-state index contributed by atoms with van der Waals surface area (Å²) < 4.78 is 0. The first-order chi connectivity index (χ1) is 10.7. The molecule has 0 spiro atoms. The van der Waals surface area contributed by atoms with Crippen LogP contribution in [-0.2, 0) is 6.42 Å². The van der Waals surface area contributed by atoms with Crippen molar-refractivity contribution in [1.29, 1.82) is 0 Å². The number of hydrogen-bond donors (Lipinski definition) is 2. The van der Waals surface area contributed by atoms with Gasteiger partial charge in [0, 0.05) is 27.3 Å². The third-order valence-electron chi connectivity index (χ3n) is 4.55. The van der Waals surface area contributed by atoms with E-state index in [4.69, 9.17) is 11.6 Å². The molecule has 0 aliphatic heterocycles. The summed E-state index contributed by atoms with van der Waals surface area (Å²) in [6.45, 7) is 2.16. The molecule has 2 nitrogen and oxygen atoms in total. The lowest BCUT2D eigenvalue weighted by Gasteiger charge is -2.25. The summed E-state index contributed by atoms with van der Waals surface area (Å²) in [6.07, 6.45) is 3.54. The Kier molecular flexibility index (Phi) is 3.34. The number of H-pyrrole nitrogens is 1. The van der Waals surface area contributed by atoms with Gasteiger partial charge in [0.25, 0.3) is 0 Å². The van der Waals surface area contributed by atoms with Crippen LogP contribution in [-0.4, -0.2) is 4.98 Å². The molecule has 0 saturated heterocycles. The minimum Gasteiger partial charge on any atom is -0.377 e. The molecule has 1 aliphatic rings. The topological polar surface area (TPSA) is 27.8 Å². The van der Waals surface area contributed by atoms with E-state index in [1.165, 1.54) is 34.1 Å². The molecule has 1 heterocycles. The summed E-state index contributed by atoms with van der Waals surface area (Å²) in [6, 6.07) is 15.0. The zero-order valence-corrected chi connectivity index (χ0v) is 13.4. The van der Waals surface area contributed by atoms with Crippen LogP contribution >= 0.6 is 11.6 Å². The highest BCUT2D eigenvalue weighted by atomic mass is 35.5. The molecule has 0 amide bonds. The Bertz CT molecular complexity index is 817. The molecule has 0 fully saturated rings. The first-order valence-electron chi connectivity index (χ1n) is 7.84. The second kappa shape index (κ2) is 5.36. The minimum atomic E-state index is 0.345. The van der Waals surface area contributed by atoms with Crippen molar-refractivity contribution in [3.05, 3.63) is 64.3 Å². The molecule has 3 aromatic rings. The van der Waals surface area contributed by atoms with Gasteiger partial charge < -0.3 is 10.3 Å². The van der Waals surface area contributed by atoms with Gasteiger partial charge in [-0.2, -0.15) is 0 Å². The van der Waals surface area contributed by atoms with Crippen molar-refractivity contribution in [2.75, 3.05) is 5.32 Å². The van der Waals surface area contributed by atoms with E-state index >= 15 is 0 Å². The van der Waals surface area contributed by atoms with Crippen LogP contribution in [0.5, 0.6) is 0 Å².